The number of carbonyl (C=O) groups excluding carboxylic acids is 1. The molecule has 2 aromatic heterocycles. The van der Waals surface area contributed by atoms with Gasteiger partial charge in [0.25, 0.3) is 11.5 Å². The molecule has 1 saturated heterocycles. The molecule has 8 heteroatoms. The maximum Gasteiger partial charge on any atom is 0.253 e. The molecule has 4 rings (SSSR count). The molecule has 0 unspecified atom stereocenters. The lowest BCUT2D eigenvalue weighted by Crippen LogP contribution is -2.51. The number of anilines is 1. The molecule has 1 aliphatic rings. The van der Waals surface area contributed by atoms with Gasteiger partial charge in [-0.15, -0.1) is 0 Å². The van der Waals surface area contributed by atoms with Gasteiger partial charge in [0.1, 0.15) is 5.82 Å². The highest BCUT2D eigenvalue weighted by atomic mass is 19.1. The van der Waals surface area contributed by atoms with Gasteiger partial charge in [-0.25, -0.2) is 4.39 Å². The van der Waals surface area contributed by atoms with Gasteiger partial charge in [-0.1, -0.05) is 6.92 Å². The minimum atomic E-state index is -0.514. The van der Waals surface area contributed by atoms with E-state index in [2.05, 4.69) is 32.0 Å². The highest BCUT2D eigenvalue weighted by Gasteiger charge is 2.25. The molecule has 168 valence electrons. The summed E-state index contributed by atoms with van der Waals surface area (Å²) in [5.41, 5.74) is 4.10. The largest absolute Gasteiger partial charge is 0.369 e. The average Bonchev–Trinajstić information content (AvgIpc) is 2.79. The minimum Gasteiger partial charge on any atom is -0.369 e. The first-order valence-electron chi connectivity index (χ1n) is 10.9. The van der Waals surface area contributed by atoms with E-state index in [-0.39, 0.29) is 17.2 Å². The van der Waals surface area contributed by atoms with E-state index in [0.717, 1.165) is 54.0 Å². The van der Waals surface area contributed by atoms with Gasteiger partial charge in [-0.3, -0.25) is 19.5 Å². The molecule has 0 radical (unpaired) electrons. The zero-order valence-corrected chi connectivity index (χ0v) is 18.6. The van der Waals surface area contributed by atoms with Crippen molar-refractivity contribution in [2.75, 3.05) is 31.6 Å². The van der Waals surface area contributed by atoms with E-state index in [1.54, 1.807) is 6.07 Å². The molecule has 0 bridgehead atoms. The van der Waals surface area contributed by atoms with Crippen LogP contribution in [0.5, 0.6) is 0 Å². The van der Waals surface area contributed by atoms with Crippen molar-refractivity contribution in [3.8, 4) is 0 Å². The Kier molecular flexibility index (Phi) is 6.23. The number of hydrogen-bond acceptors (Lipinski definition) is 5. The van der Waals surface area contributed by atoms with E-state index in [1.807, 2.05) is 25.3 Å². The van der Waals surface area contributed by atoms with Crippen LogP contribution in [0.4, 0.5) is 10.1 Å². The number of aryl methyl sites for hydroxylation is 1. The summed E-state index contributed by atoms with van der Waals surface area (Å²) in [6.07, 6.45) is 2.54. The second-order valence-electron chi connectivity index (χ2n) is 8.26. The van der Waals surface area contributed by atoms with Crippen LogP contribution in [0.3, 0.4) is 0 Å². The number of hydrogen-bond donors (Lipinski definition) is 2. The average molecular weight is 438 g/mol. The summed E-state index contributed by atoms with van der Waals surface area (Å²) >= 11 is 0. The number of amides is 1. The summed E-state index contributed by atoms with van der Waals surface area (Å²) in [5, 5.41) is 2.45. The molecule has 0 aliphatic carbocycles. The third-order valence-corrected chi connectivity index (χ3v) is 6.15. The van der Waals surface area contributed by atoms with E-state index < -0.39 is 11.7 Å². The number of rotatable bonds is 5. The van der Waals surface area contributed by atoms with Crippen LogP contribution in [0, 0.1) is 5.82 Å². The fraction of sp³-hybridized carbons (Fsp3) is 0.375. The van der Waals surface area contributed by atoms with Crippen LogP contribution in [0.15, 0.2) is 41.3 Å². The molecule has 7 nitrogen and oxygen atoms in total. The molecule has 3 aromatic rings. The number of aromatic nitrogens is 2. The minimum absolute atomic E-state index is 0.0517. The Hall–Kier alpha value is -3.26. The van der Waals surface area contributed by atoms with E-state index >= 15 is 0 Å². The van der Waals surface area contributed by atoms with Crippen molar-refractivity contribution < 1.29 is 9.18 Å². The zero-order valence-electron chi connectivity index (χ0n) is 18.6. The zero-order chi connectivity index (χ0) is 22.8. The fourth-order valence-electron chi connectivity index (χ4n) is 4.23. The van der Waals surface area contributed by atoms with Gasteiger partial charge < -0.3 is 15.2 Å². The van der Waals surface area contributed by atoms with Crippen molar-refractivity contribution in [1.29, 1.82) is 0 Å². The Bertz CT molecular complexity index is 1210. The number of H-pyrrole nitrogens is 1. The first-order valence-corrected chi connectivity index (χ1v) is 10.9. The Labute approximate surface area is 186 Å². The van der Waals surface area contributed by atoms with Crippen LogP contribution in [0.25, 0.3) is 11.0 Å². The van der Waals surface area contributed by atoms with Crippen LogP contribution >= 0.6 is 0 Å². The van der Waals surface area contributed by atoms with Crippen molar-refractivity contribution in [2.24, 2.45) is 0 Å². The summed E-state index contributed by atoms with van der Waals surface area (Å²) in [5.74, 6) is -0.942. The van der Waals surface area contributed by atoms with Crippen molar-refractivity contribution in [3.05, 3.63) is 69.4 Å². The summed E-state index contributed by atoms with van der Waals surface area (Å²) < 4.78 is 14.4. The predicted octanol–water partition coefficient (Wildman–Crippen LogP) is 2.69. The maximum atomic E-state index is 14.4. The van der Waals surface area contributed by atoms with Gasteiger partial charge in [0.05, 0.1) is 16.6 Å². The van der Waals surface area contributed by atoms with Crippen molar-refractivity contribution in [3.63, 3.8) is 0 Å². The number of fused-ring (bicyclic) bond motifs is 1. The molecule has 1 atom stereocenters. The number of benzene rings is 1. The Balaban J connectivity index is 1.45. The molecular formula is C24H28FN5O2. The number of halogens is 1. The van der Waals surface area contributed by atoms with Gasteiger partial charge in [0.15, 0.2) is 0 Å². The number of aromatic amines is 1. The Morgan fingerprint density at radius 3 is 2.78 bits per heavy atom. The predicted molar refractivity (Wildman–Crippen MR) is 124 cm³/mol. The van der Waals surface area contributed by atoms with Gasteiger partial charge in [0.2, 0.25) is 0 Å². The molecule has 32 heavy (non-hydrogen) atoms. The number of piperazine rings is 1. The monoisotopic (exact) mass is 437 g/mol. The van der Waals surface area contributed by atoms with Crippen molar-refractivity contribution in [1.82, 2.24) is 20.2 Å². The van der Waals surface area contributed by atoms with Crippen LogP contribution in [-0.2, 0) is 13.0 Å². The Morgan fingerprint density at radius 1 is 1.28 bits per heavy atom. The quantitative estimate of drug-likeness (QED) is 0.642. The van der Waals surface area contributed by atoms with Gasteiger partial charge in [-0.05, 0) is 49.2 Å². The van der Waals surface area contributed by atoms with Crippen LogP contribution in [0.2, 0.25) is 0 Å². The number of nitrogens with one attached hydrogen (secondary N) is 2. The molecule has 2 N–H and O–H groups in total. The SMILES string of the molecule is CCc1cc2ncc(CN3CCN(c4ccc(C(=O)NC)c(F)c4)C[C@@H]3C)cc2[nH]c1=O. The van der Waals surface area contributed by atoms with Crippen molar-refractivity contribution >= 4 is 22.6 Å². The normalized spacial score (nSPS) is 17.0. The first-order chi connectivity index (χ1) is 15.4. The summed E-state index contributed by atoms with van der Waals surface area (Å²) in [6.45, 7) is 7.13. The highest BCUT2D eigenvalue weighted by molar-refractivity contribution is 5.94. The lowest BCUT2D eigenvalue weighted by atomic mass is 10.1. The number of carbonyl (C=O) groups is 1. The summed E-state index contributed by atoms with van der Waals surface area (Å²) in [6, 6.07) is 8.85. The van der Waals surface area contributed by atoms with Crippen molar-refractivity contribution in [2.45, 2.75) is 32.9 Å². The lowest BCUT2D eigenvalue weighted by molar-refractivity contribution is 0.0959. The van der Waals surface area contributed by atoms with E-state index in [9.17, 15) is 14.0 Å². The molecule has 3 heterocycles. The second-order valence-corrected chi connectivity index (χ2v) is 8.26. The van der Waals surface area contributed by atoms with E-state index in [1.165, 1.54) is 19.2 Å². The van der Waals surface area contributed by atoms with Crippen LogP contribution in [-0.4, -0.2) is 53.5 Å². The second kappa shape index (κ2) is 9.08. The van der Waals surface area contributed by atoms with Crippen LogP contribution in [0.1, 0.15) is 35.3 Å². The molecule has 1 amide bonds. The molecule has 0 spiro atoms. The molecule has 0 saturated carbocycles. The highest BCUT2D eigenvalue weighted by Crippen LogP contribution is 2.23. The topological polar surface area (TPSA) is 81.3 Å². The summed E-state index contributed by atoms with van der Waals surface area (Å²) in [4.78, 5) is 35.8. The van der Waals surface area contributed by atoms with Gasteiger partial charge >= 0.3 is 0 Å². The van der Waals surface area contributed by atoms with Gasteiger partial charge in [-0.2, -0.15) is 0 Å². The fourth-order valence-corrected chi connectivity index (χ4v) is 4.23. The molecular weight excluding hydrogens is 409 g/mol. The van der Waals surface area contributed by atoms with Crippen LogP contribution < -0.4 is 15.8 Å². The third-order valence-electron chi connectivity index (χ3n) is 6.15. The number of nitrogens with zero attached hydrogens (tertiary/aromatic N) is 3. The molecule has 1 aliphatic heterocycles. The standard InChI is InChI=1S/C24H28FN5O2/c1-4-17-10-21-22(28-23(17)31)9-16(12-27-21)14-29-7-8-30(13-15(29)2)18-5-6-19(20(25)11-18)24(32)26-3/h5-6,9-12,15H,4,7-8,13-14H2,1-3H3,(H,26,32)(H,28,31)/t15-/m0/s1. The van der Waals surface area contributed by atoms with E-state index in [0.29, 0.717) is 6.42 Å². The Morgan fingerprint density at radius 2 is 2.09 bits per heavy atom. The number of pyridine rings is 2. The van der Waals surface area contributed by atoms with Gasteiger partial charge in [0, 0.05) is 56.7 Å². The smallest absolute Gasteiger partial charge is 0.253 e. The summed E-state index contributed by atoms with van der Waals surface area (Å²) in [7, 11) is 1.49. The molecule has 1 aromatic carbocycles. The maximum absolute atomic E-state index is 14.4. The third kappa shape index (κ3) is 4.36. The van der Waals surface area contributed by atoms with E-state index in [4.69, 9.17) is 0 Å². The first kappa shape index (κ1) is 22.0. The molecule has 1 fully saturated rings. The lowest BCUT2D eigenvalue weighted by Gasteiger charge is -2.41.